The minimum Gasteiger partial charge on any atom is -0.368 e. The van der Waals surface area contributed by atoms with Crippen LogP contribution in [0.5, 0.6) is 0 Å². The molecule has 0 saturated heterocycles. The molecule has 4 nitrogen and oxygen atoms in total. The Morgan fingerprint density at radius 1 is 1.56 bits per heavy atom. The average molecular weight is 216 g/mol. The molecule has 1 aliphatic carbocycles. The fourth-order valence-electron chi connectivity index (χ4n) is 1.90. The minimum absolute atomic E-state index is 0.0712. The molecule has 2 rings (SSSR count). The summed E-state index contributed by atoms with van der Waals surface area (Å²) in [6, 6.07) is 5.65. The highest BCUT2D eigenvalue weighted by Gasteiger charge is 2.32. The predicted octanol–water partition coefficient (Wildman–Crippen LogP) is 1.56. The van der Waals surface area contributed by atoms with Crippen molar-refractivity contribution < 1.29 is 0 Å². The summed E-state index contributed by atoms with van der Waals surface area (Å²) in [7, 11) is 0. The van der Waals surface area contributed by atoms with E-state index in [1.165, 1.54) is 6.42 Å². The zero-order valence-electron chi connectivity index (χ0n) is 9.45. The first kappa shape index (κ1) is 10.9. The van der Waals surface area contributed by atoms with E-state index in [9.17, 15) is 0 Å². The Labute approximate surface area is 95.5 Å². The summed E-state index contributed by atoms with van der Waals surface area (Å²) >= 11 is 0. The van der Waals surface area contributed by atoms with Crippen LogP contribution in [0.2, 0.25) is 0 Å². The lowest BCUT2D eigenvalue weighted by Gasteiger charge is -2.38. The Morgan fingerprint density at radius 2 is 2.31 bits per heavy atom. The van der Waals surface area contributed by atoms with Gasteiger partial charge in [-0.1, -0.05) is 0 Å². The molecule has 0 aromatic carbocycles. The third-order valence-corrected chi connectivity index (χ3v) is 3.05. The molecular formula is C12H16N4. The predicted molar refractivity (Wildman–Crippen MR) is 62.9 cm³/mol. The van der Waals surface area contributed by atoms with Crippen molar-refractivity contribution in [2.24, 2.45) is 5.73 Å². The van der Waals surface area contributed by atoms with E-state index in [2.05, 4.69) is 16.4 Å². The van der Waals surface area contributed by atoms with Crippen LogP contribution in [0.15, 0.2) is 12.1 Å². The number of aryl methyl sites for hydroxylation is 1. The zero-order chi connectivity index (χ0) is 11.6. The van der Waals surface area contributed by atoms with E-state index in [0.717, 1.165) is 30.9 Å². The summed E-state index contributed by atoms with van der Waals surface area (Å²) in [5.41, 5.74) is 7.52. The number of nitrogens with zero attached hydrogens (tertiary/aromatic N) is 2. The maximum Gasteiger partial charge on any atom is 0.127 e. The number of anilines is 1. The quantitative estimate of drug-likeness (QED) is 0.804. The molecule has 0 unspecified atom stereocenters. The van der Waals surface area contributed by atoms with Gasteiger partial charge in [-0.3, -0.25) is 0 Å². The van der Waals surface area contributed by atoms with E-state index in [4.69, 9.17) is 11.0 Å². The van der Waals surface area contributed by atoms with Gasteiger partial charge in [-0.15, -0.1) is 0 Å². The molecule has 0 radical (unpaired) electrons. The average Bonchev–Trinajstić information content (AvgIpc) is 2.23. The smallest absolute Gasteiger partial charge is 0.127 e. The molecule has 0 aliphatic heterocycles. The highest BCUT2D eigenvalue weighted by molar-refractivity contribution is 5.44. The van der Waals surface area contributed by atoms with Crippen molar-refractivity contribution >= 4 is 5.82 Å². The van der Waals surface area contributed by atoms with Gasteiger partial charge in [-0.05, 0) is 38.3 Å². The summed E-state index contributed by atoms with van der Waals surface area (Å²) in [5, 5.41) is 12.1. The fourth-order valence-corrected chi connectivity index (χ4v) is 1.90. The largest absolute Gasteiger partial charge is 0.368 e. The van der Waals surface area contributed by atoms with E-state index in [-0.39, 0.29) is 5.54 Å². The Kier molecular flexibility index (Phi) is 2.80. The standard InChI is InChI=1S/C12H16N4/c1-9-5-10(7-13)6-11(16-9)15-8-12(14)3-2-4-12/h5-6H,2-4,8,14H2,1H3,(H,15,16). The van der Waals surface area contributed by atoms with E-state index in [0.29, 0.717) is 5.56 Å². The molecule has 1 fully saturated rings. The van der Waals surface area contributed by atoms with Crippen LogP contribution in [-0.2, 0) is 0 Å². The van der Waals surface area contributed by atoms with Gasteiger partial charge in [0, 0.05) is 17.8 Å². The third-order valence-electron chi connectivity index (χ3n) is 3.05. The van der Waals surface area contributed by atoms with Crippen molar-refractivity contribution in [1.29, 1.82) is 5.26 Å². The van der Waals surface area contributed by atoms with Gasteiger partial charge in [-0.25, -0.2) is 4.98 Å². The Balaban J connectivity index is 2.04. The van der Waals surface area contributed by atoms with Crippen LogP contribution in [0.25, 0.3) is 0 Å². The lowest BCUT2D eigenvalue weighted by Crippen LogP contribution is -2.52. The summed E-state index contributed by atoms with van der Waals surface area (Å²) in [6.45, 7) is 2.61. The van der Waals surface area contributed by atoms with Crippen LogP contribution < -0.4 is 11.1 Å². The van der Waals surface area contributed by atoms with Gasteiger partial charge in [0.05, 0.1) is 11.6 Å². The maximum atomic E-state index is 8.84. The molecule has 4 heteroatoms. The maximum absolute atomic E-state index is 8.84. The van der Waals surface area contributed by atoms with Crippen LogP contribution in [0, 0.1) is 18.3 Å². The molecule has 1 aliphatic rings. The van der Waals surface area contributed by atoms with Gasteiger partial charge >= 0.3 is 0 Å². The molecule has 84 valence electrons. The number of aromatic nitrogens is 1. The van der Waals surface area contributed by atoms with Crippen LogP contribution in [-0.4, -0.2) is 17.1 Å². The highest BCUT2D eigenvalue weighted by Crippen LogP contribution is 2.29. The molecule has 16 heavy (non-hydrogen) atoms. The minimum atomic E-state index is -0.0712. The number of hydrogen-bond donors (Lipinski definition) is 2. The summed E-state index contributed by atoms with van der Waals surface area (Å²) < 4.78 is 0. The fraction of sp³-hybridized carbons (Fsp3) is 0.500. The molecule has 1 saturated carbocycles. The molecule has 1 aromatic rings. The lowest BCUT2D eigenvalue weighted by molar-refractivity contribution is 0.265. The van der Waals surface area contributed by atoms with Crippen molar-refractivity contribution in [3.63, 3.8) is 0 Å². The van der Waals surface area contributed by atoms with Crippen molar-refractivity contribution in [1.82, 2.24) is 4.98 Å². The van der Waals surface area contributed by atoms with E-state index < -0.39 is 0 Å². The van der Waals surface area contributed by atoms with Crippen molar-refractivity contribution in [2.75, 3.05) is 11.9 Å². The second kappa shape index (κ2) is 4.11. The first-order chi connectivity index (χ1) is 7.61. The highest BCUT2D eigenvalue weighted by atomic mass is 15.0. The van der Waals surface area contributed by atoms with E-state index >= 15 is 0 Å². The Hall–Kier alpha value is -1.60. The molecule has 0 amide bonds. The van der Waals surface area contributed by atoms with Gasteiger partial charge < -0.3 is 11.1 Å². The topological polar surface area (TPSA) is 74.7 Å². The molecule has 0 bridgehead atoms. The van der Waals surface area contributed by atoms with E-state index in [1.54, 1.807) is 12.1 Å². The summed E-state index contributed by atoms with van der Waals surface area (Å²) in [4.78, 5) is 4.33. The lowest BCUT2D eigenvalue weighted by atomic mass is 9.78. The van der Waals surface area contributed by atoms with Gasteiger partial charge in [-0.2, -0.15) is 5.26 Å². The first-order valence-corrected chi connectivity index (χ1v) is 5.53. The monoisotopic (exact) mass is 216 g/mol. The number of hydrogen-bond acceptors (Lipinski definition) is 4. The van der Waals surface area contributed by atoms with Gasteiger partial charge in [0.15, 0.2) is 0 Å². The molecule has 1 aromatic heterocycles. The third kappa shape index (κ3) is 2.31. The Morgan fingerprint density at radius 3 is 2.88 bits per heavy atom. The van der Waals surface area contributed by atoms with Gasteiger partial charge in [0.2, 0.25) is 0 Å². The Bertz CT molecular complexity index is 429. The van der Waals surface area contributed by atoms with E-state index in [1.807, 2.05) is 6.92 Å². The van der Waals surface area contributed by atoms with Crippen molar-refractivity contribution in [3.8, 4) is 6.07 Å². The number of nitrogens with two attached hydrogens (primary N) is 1. The van der Waals surface area contributed by atoms with Crippen LogP contribution in [0.3, 0.4) is 0 Å². The molecule has 1 heterocycles. The summed E-state index contributed by atoms with van der Waals surface area (Å²) in [6.07, 6.45) is 3.34. The normalized spacial score (nSPS) is 17.3. The summed E-state index contributed by atoms with van der Waals surface area (Å²) in [5.74, 6) is 0.744. The second-order valence-electron chi connectivity index (χ2n) is 4.56. The molecule has 0 atom stereocenters. The van der Waals surface area contributed by atoms with Gasteiger partial charge in [0.25, 0.3) is 0 Å². The van der Waals surface area contributed by atoms with Crippen LogP contribution in [0.1, 0.15) is 30.5 Å². The number of nitrogens with one attached hydrogen (secondary N) is 1. The van der Waals surface area contributed by atoms with Gasteiger partial charge in [0.1, 0.15) is 5.82 Å². The van der Waals surface area contributed by atoms with Crippen molar-refractivity contribution in [3.05, 3.63) is 23.4 Å². The number of pyridine rings is 1. The molecule has 0 spiro atoms. The molecule has 3 N–H and O–H groups in total. The molecular weight excluding hydrogens is 200 g/mol. The SMILES string of the molecule is Cc1cc(C#N)cc(NCC2(N)CCC2)n1. The zero-order valence-corrected chi connectivity index (χ0v) is 9.45. The van der Waals surface area contributed by atoms with Crippen LogP contribution >= 0.6 is 0 Å². The number of nitriles is 1. The number of rotatable bonds is 3. The first-order valence-electron chi connectivity index (χ1n) is 5.53. The van der Waals surface area contributed by atoms with Crippen LogP contribution in [0.4, 0.5) is 5.82 Å². The van der Waals surface area contributed by atoms with Crippen molar-refractivity contribution in [2.45, 2.75) is 31.7 Å². The second-order valence-corrected chi connectivity index (χ2v) is 4.56.